The number of nitrogens with one attached hydrogen (secondary N) is 2. The first-order chi connectivity index (χ1) is 8.56. The van der Waals surface area contributed by atoms with E-state index >= 15 is 0 Å². The molecule has 2 N–H and O–H groups in total. The maximum Gasteiger partial charge on any atom is 0.237 e. The summed E-state index contributed by atoms with van der Waals surface area (Å²) in [6.45, 7) is 7.96. The van der Waals surface area contributed by atoms with Crippen LogP contribution in [-0.4, -0.2) is 18.5 Å². The lowest BCUT2D eigenvalue weighted by atomic mass is 10.1. The van der Waals surface area contributed by atoms with E-state index in [4.69, 9.17) is 0 Å². The summed E-state index contributed by atoms with van der Waals surface area (Å²) in [5, 5.41) is 6.04. The summed E-state index contributed by atoms with van der Waals surface area (Å²) < 4.78 is 1.05. The molecule has 0 saturated carbocycles. The van der Waals surface area contributed by atoms with Gasteiger partial charge in [-0.2, -0.15) is 0 Å². The fourth-order valence-electron chi connectivity index (χ4n) is 1.69. The van der Waals surface area contributed by atoms with Crippen LogP contribution in [-0.2, 0) is 4.79 Å². The molecule has 2 atom stereocenters. The van der Waals surface area contributed by atoms with E-state index in [0.717, 1.165) is 10.0 Å². The molecule has 98 valence electrons. The molecule has 4 heteroatoms. The van der Waals surface area contributed by atoms with Gasteiger partial charge in [-0.25, -0.2) is 0 Å². The van der Waals surface area contributed by atoms with Gasteiger partial charge in [-0.3, -0.25) is 10.1 Å². The van der Waals surface area contributed by atoms with Crippen LogP contribution in [0.3, 0.4) is 0 Å². The third kappa shape index (κ3) is 4.27. The SMILES string of the molecule is C=CCNC(=O)C(C)N[C@H](C)c1ccccc1Br. The second-order valence-electron chi connectivity index (χ2n) is 4.17. The van der Waals surface area contributed by atoms with Crippen molar-refractivity contribution < 1.29 is 4.79 Å². The molecule has 18 heavy (non-hydrogen) atoms. The van der Waals surface area contributed by atoms with Gasteiger partial charge in [0.2, 0.25) is 5.91 Å². The van der Waals surface area contributed by atoms with E-state index < -0.39 is 0 Å². The summed E-state index contributed by atoms with van der Waals surface area (Å²) >= 11 is 3.51. The summed E-state index contributed by atoms with van der Waals surface area (Å²) in [6, 6.07) is 7.85. The molecule has 0 fully saturated rings. The van der Waals surface area contributed by atoms with Crippen LogP contribution in [0, 0.1) is 0 Å². The van der Waals surface area contributed by atoms with E-state index in [2.05, 4.69) is 33.1 Å². The Balaban J connectivity index is 2.59. The van der Waals surface area contributed by atoms with Crippen molar-refractivity contribution >= 4 is 21.8 Å². The minimum atomic E-state index is -0.243. The van der Waals surface area contributed by atoms with Crippen molar-refractivity contribution in [3.8, 4) is 0 Å². The largest absolute Gasteiger partial charge is 0.351 e. The summed E-state index contributed by atoms with van der Waals surface area (Å²) in [5.74, 6) is -0.0196. The Morgan fingerprint density at radius 1 is 1.44 bits per heavy atom. The molecule has 0 saturated heterocycles. The molecule has 0 spiro atoms. The first kappa shape index (κ1) is 14.9. The van der Waals surface area contributed by atoms with E-state index in [1.807, 2.05) is 38.1 Å². The van der Waals surface area contributed by atoms with Crippen molar-refractivity contribution in [2.45, 2.75) is 25.9 Å². The second kappa shape index (κ2) is 7.34. The first-order valence-electron chi connectivity index (χ1n) is 5.95. The highest BCUT2D eigenvalue weighted by Crippen LogP contribution is 2.22. The van der Waals surface area contributed by atoms with Gasteiger partial charge in [-0.1, -0.05) is 40.2 Å². The topological polar surface area (TPSA) is 41.1 Å². The summed E-state index contributed by atoms with van der Waals surface area (Å²) in [5.41, 5.74) is 1.14. The van der Waals surface area contributed by atoms with Crippen LogP contribution >= 0.6 is 15.9 Å². The maximum absolute atomic E-state index is 11.7. The predicted octanol–water partition coefficient (Wildman–Crippen LogP) is 2.79. The van der Waals surface area contributed by atoms with Crippen LogP contribution in [0.2, 0.25) is 0 Å². The van der Waals surface area contributed by atoms with Gasteiger partial charge in [-0.15, -0.1) is 6.58 Å². The molecule has 1 aromatic rings. The Hall–Kier alpha value is -1.13. The molecule has 0 heterocycles. The Morgan fingerprint density at radius 2 is 2.11 bits per heavy atom. The molecule has 1 amide bonds. The number of amides is 1. The lowest BCUT2D eigenvalue weighted by Gasteiger charge is -2.20. The number of rotatable bonds is 6. The first-order valence-corrected chi connectivity index (χ1v) is 6.74. The molecule has 0 aliphatic rings. The number of carbonyl (C=O) groups excluding carboxylic acids is 1. The summed E-state index contributed by atoms with van der Waals surface area (Å²) in [6.07, 6.45) is 1.67. The average Bonchev–Trinajstić information content (AvgIpc) is 2.36. The highest BCUT2D eigenvalue weighted by Gasteiger charge is 2.16. The van der Waals surface area contributed by atoms with E-state index in [1.165, 1.54) is 0 Å². The van der Waals surface area contributed by atoms with Crippen molar-refractivity contribution in [3.05, 3.63) is 47.0 Å². The molecular formula is C14H19BrN2O. The zero-order valence-corrected chi connectivity index (χ0v) is 12.3. The fourth-order valence-corrected chi connectivity index (χ4v) is 2.32. The fraction of sp³-hybridized carbons (Fsp3) is 0.357. The van der Waals surface area contributed by atoms with Crippen molar-refractivity contribution in [1.29, 1.82) is 0 Å². The van der Waals surface area contributed by atoms with Crippen LogP contribution in [0.5, 0.6) is 0 Å². The maximum atomic E-state index is 11.7. The van der Waals surface area contributed by atoms with Gasteiger partial charge in [0.1, 0.15) is 0 Å². The van der Waals surface area contributed by atoms with Gasteiger partial charge in [-0.05, 0) is 25.5 Å². The lowest BCUT2D eigenvalue weighted by molar-refractivity contribution is -0.122. The number of carbonyl (C=O) groups is 1. The number of benzene rings is 1. The van der Waals surface area contributed by atoms with E-state index in [1.54, 1.807) is 6.08 Å². The minimum Gasteiger partial charge on any atom is -0.351 e. The number of hydrogen-bond acceptors (Lipinski definition) is 2. The molecule has 1 aromatic carbocycles. The van der Waals surface area contributed by atoms with Gasteiger partial charge < -0.3 is 5.32 Å². The van der Waals surface area contributed by atoms with Crippen LogP contribution in [0.25, 0.3) is 0 Å². The zero-order chi connectivity index (χ0) is 13.5. The summed E-state index contributed by atoms with van der Waals surface area (Å²) in [4.78, 5) is 11.7. The average molecular weight is 311 g/mol. The molecule has 0 aromatic heterocycles. The van der Waals surface area contributed by atoms with Crippen LogP contribution in [0.4, 0.5) is 0 Å². The molecule has 1 rings (SSSR count). The standard InChI is InChI=1S/C14H19BrN2O/c1-4-9-16-14(18)11(3)17-10(2)12-7-5-6-8-13(12)15/h4-8,10-11,17H,1,9H2,2-3H3,(H,16,18)/t10-,11?/m1/s1. The van der Waals surface area contributed by atoms with E-state index in [0.29, 0.717) is 6.54 Å². The number of halogens is 1. The zero-order valence-electron chi connectivity index (χ0n) is 10.7. The van der Waals surface area contributed by atoms with Gasteiger partial charge in [0.05, 0.1) is 6.04 Å². The molecule has 0 aliphatic carbocycles. The lowest BCUT2D eigenvalue weighted by Crippen LogP contribution is -2.43. The molecular weight excluding hydrogens is 292 g/mol. The molecule has 0 aliphatic heterocycles. The second-order valence-corrected chi connectivity index (χ2v) is 5.02. The van der Waals surface area contributed by atoms with Crippen molar-refractivity contribution in [3.63, 3.8) is 0 Å². The van der Waals surface area contributed by atoms with Crippen LogP contribution in [0.15, 0.2) is 41.4 Å². The molecule has 1 unspecified atom stereocenters. The molecule has 3 nitrogen and oxygen atoms in total. The smallest absolute Gasteiger partial charge is 0.237 e. The van der Waals surface area contributed by atoms with Crippen molar-refractivity contribution in [1.82, 2.24) is 10.6 Å². The highest BCUT2D eigenvalue weighted by atomic mass is 79.9. The third-order valence-electron chi connectivity index (χ3n) is 2.69. The van der Waals surface area contributed by atoms with Crippen molar-refractivity contribution in [2.24, 2.45) is 0 Å². The number of hydrogen-bond donors (Lipinski definition) is 2. The monoisotopic (exact) mass is 310 g/mol. The van der Waals surface area contributed by atoms with Gasteiger partial charge in [0, 0.05) is 17.1 Å². The Labute approximate surface area is 117 Å². The third-order valence-corrected chi connectivity index (χ3v) is 3.41. The highest BCUT2D eigenvalue weighted by molar-refractivity contribution is 9.10. The van der Waals surface area contributed by atoms with Gasteiger partial charge >= 0.3 is 0 Å². The van der Waals surface area contributed by atoms with E-state index in [9.17, 15) is 4.79 Å². The normalized spacial score (nSPS) is 13.7. The van der Waals surface area contributed by atoms with Crippen LogP contribution < -0.4 is 10.6 Å². The Morgan fingerprint density at radius 3 is 2.72 bits per heavy atom. The predicted molar refractivity (Wildman–Crippen MR) is 78.4 cm³/mol. The van der Waals surface area contributed by atoms with Gasteiger partial charge in [0.15, 0.2) is 0 Å². The Kier molecular flexibility index (Phi) is 6.09. The van der Waals surface area contributed by atoms with Crippen LogP contribution in [0.1, 0.15) is 25.5 Å². The minimum absolute atomic E-state index is 0.0196. The summed E-state index contributed by atoms with van der Waals surface area (Å²) in [7, 11) is 0. The van der Waals surface area contributed by atoms with Gasteiger partial charge in [0.25, 0.3) is 0 Å². The van der Waals surface area contributed by atoms with Crippen molar-refractivity contribution in [2.75, 3.05) is 6.54 Å². The Bertz CT molecular complexity index is 420. The quantitative estimate of drug-likeness (QED) is 0.793. The van der Waals surface area contributed by atoms with E-state index in [-0.39, 0.29) is 18.0 Å². The molecule has 0 bridgehead atoms. The molecule has 0 radical (unpaired) electrons.